The summed E-state index contributed by atoms with van der Waals surface area (Å²) in [5, 5.41) is 7.00. The van der Waals surface area contributed by atoms with E-state index in [0.29, 0.717) is 17.2 Å². The van der Waals surface area contributed by atoms with Crippen molar-refractivity contribution < 1.29 is 9.18 Å². The molecule has 4 nitrogen and oxygen atoms in total. The zero-order valence-corrected chi connectivity index (χ0v) is 16.6. The minimum absolute atomic E-state index is 0.114. The van der Waals surface area contributed by atoms with Crippen LogP contribution < -0.4 is 15.5 Å². The monoisotopic (exact) mass is 385 g/mol. The first-order valence-electron chi connectivity index (χ1n) is 8.98. The predicted octanol–water partition coefficient (Wildman–Crippen LogP) is 4.36. The number of carbonyl (C=O) groups is 1. The van der Waals surface area contributed by atoms with Crippen LogP contribution in [0.3, 0.4) is 0 Å². The molecule has 1 amide bonds. The third-order valence-corrected chi connectivity index (χ3v) is 4.59. The van der Waals surface area contributed by atoms with Crippen LogP contribution in [0.2, 0.25) is 0 Å². The van der Waals surface area contributed by atoms with Gasteiger partial charge in [-0.15, -0.1) is 0 Å². The second-order valence-corrected chi connectivity index (χ2v) is 8.33. The van der Waals surface area contributed by atoms with Gasteiger partial charge in [0, 0.05) is 30.0 Å². The molecular weight excluding hydrogens is 361 g/mol. The number of nitrogens with one attached hydrogen (secondary N) is 2. The van der Waals surface area contributed by atoms with E-state index >= 15 is 0 Å². The smallest absolute Gasteiger partial charge is 0.258 e. The largest absolute Gasteiger partial charge is 0.362 e. The molecule has 142 valence electrons. The van der Waals surface area contributed by atoms with E-state index in [4.69, 9.17) is 12.2 Å². The number of hydrogen-bond donors (Lipinski definition) is 2. The lowest BCUT2D eigenvalue weighted by Crippen LogP contribution is -2.35. The maximum atomic E-state index is 13.1. The molecule has 0 fully saturated rings. The van der Waals surface area contributed by atoms with Gasteiger partial charge in [0.05, 0.1) is 0 Å². The molecule has 0 unspecified atom stereocenters. The maximum Gasteiger partial charge on any atom is 0.258 e. The average Bonchev–Trinajstić information content (AvgIpc) is 3.02. The van der Waals surface area contributed by atoms with Crippen LogP contribution in [0.1, 0.15) is 36.7 Å². The first-order valence-corrected chi connectivity index (χ1v) is 9.39. The Labute approximate surface area is 164 Å². The standard InChI is InChI=1S/C21H24FN3OS/c1-21(2,3)13-23-20(27)24-17-8-9-18-15(12-17)10-11-25(18)19(26)14-4-6-16(22)7-5-14/h4-9,12H,10-11,13H2,1-3H3,(H2,23,24,27). The molecule has 1 heterocycles. The molecule has 2 aromatic carbocycles. The summed E-state index contributed by atoms with van der Waals surface area (Å²) in [5.74, 6) is -0.461. The number of amides is 1. The third-order valence-electron chi connectivity index (χ3n) is 4.35. The van der Waals surface area contributed by atoms with Gasteiger partial charge in [-0.2, -0.15) is 0 Å². The van der Waals surface area contributed by atoms with Gasteiger partial charge in [0.1, 0.15) is 5.82 Å². The normalized spacial score (nSPS) is 13.3. The Hall–Kier alpha value is -2.47. The van der Waals surface area contributed by atoms with Crippen LogP contribution in [-0.4, -0.2) is 24.1 Å². The van der Waals surface area contributed by atoms with E-state index in [1.54, 1.807) is 4.90 Å². The number of anilines is 2. The molecule has 0 bridgehead atoms. The van der Waals surface area contributed by atoms with Gasteiger partial charge in [0.2, 0.25) is 0 Å². The van der Waals surface area contributed by atoms with Crippen LogP contribution in [0.25, 0.3) is 0 Å². The lowest BCUT2D eigenvalue weighted by atomic mass is 9.97. The maximum absolute atomic E-state index is 13.1. The minimum Gasteiger partial charge on any atom is -0.362 e. The molecule has 0 aliphatic carbocycles. The minimum atomic E-state index is -0.347. The van der Waals surface area contributed by atoms with E-state index < -0.39 is 0 Å². The molecule has 3 rings (SSSR count). The Morgan fingerprint density at radius 1 is 1.19 bits per heavy atom. The Balaban J connectivity index is 1.69. The molecule has 1 aliphatic heterocycles. The molecule has 0 atom stereocenters. The van der Waals surface area contributed by atoms with Crippen molar-refractivity contribution in [3.63, 3.8) is 0 Å². The zero-order valence-electron chi connectivity index (χ0n) is 15.8. The van der Waals surface area contributed by atoms with Crippen LogP contribution in [0.15, 0.2) is 42.5 Å². The quantitative estimate of drug-likeness (QED) is 0.771. The van der Waals surface area contributed by atoms with E-state index in [1.807, 2.05) is 18.2 Å². The SMILES string of the molecule is CC(C)(C)CNC(=S)Nc1ccc2c(c1)CCN2C(=O)c1ccc(F)cc1. The molecule has 0 aromatic heterocycles. The van der Waals surface area contributed by atoms with Gasteiger partial charge in [0.25, 0.3) is 5.91 Å². The fraction of sp³-hybridized carbons (Fsp3) is 0.333. The van der Waals surface area contributed by atoms with Crippen molar-refractivity contribution in [2.45, 2.75) is 27.2 Å². The number of thiocarbonyl (C=S) groups is 1. The summed E-state index contributed by atoms with van der Waals surface area (Å²) in [6, 6.07) is 11.5. The van der Waals surface area contributed by atoms with Gasteiger partial charge in [-0.1, -0.05) is 20.8 Å². The van der Waals surface area contributed by atoms with E-state index in [1.165, 1.54) is 24.3 Å². The first-order chi connectivity index (χ1) is 12.7. The number of nitrogens with zero attached hydrogens (tertiary/aromatic N) is 1. The number of carbonyl (C=O) groups excluding carboxylic acids is 1. The summed E-state index contributed by atoms with van der Waals surface area (Å²) < 4.78 is 13.1. The molecule has 0 spiro atoms. The summed E-state index contributed by atoms with van der Waals surface area (Å²) in [6.07, 6.45) is 0.778. The molecular formula is C21H24FN3OS. The van der Waals surface area contributed by atoms with Gasteiger partial charge in [0.15, 0.2) is 5.11 Å². The zero-order chi connectivity index (χ0) is 19.6. The van der Waals surface area contributed by atoms with E-state index in [-0.39, 0.29) is 17.1 Å². The van der Waals surface area contributed by atoms with Crippen LogP contribution in [0.5, 0.6) is 0 Å². The number of benzene rings is 2. The van der Waals surface area contributed by atoms with Crippen LogP contribution in [0, 0.1) is 11.2 Å². The number of rotatable bonds is 3. The Morgan fingerprint density at radius 3 is 2.56 bits per heavy atom. The molecule has 1 aliphatic rings. The summed E-state index contributed by atoms with van der Waals surface area (Å²) >= 11 is 5.35. The topological polar surface area (TPSA) is 44.4 Å². The van der Waals surface area contributed by atoms with Gasteiger partial charge in [-0.3, -0.25) is 4.79 Å². The summed E-state index contributed by atoms with van der Waals surface area (Å²) in [5.41, 5.74) is 3.51. The Bertz CT molecular complexity index is 859. The molecule has 2 aromatic rings. The molecule has 6 heteroatoms. The summed E-state index contributed by atoms with van der Waals surface area (Å²) in [6.45, 7) is 7.83. The highest BCUT2D eigenvalue weighted by Gasteiger charge is 2.25. The molecule has 27 heavy (non-hydrogen) atoms. The summed E-state index contributed by atoms with van der Waals surface area (Å²) in [7, 11) is 0. The third kappa shape index (κ3) is 4.83. The van der Waals surface area contributed by atoms with Gasteiger partial charge in [-0.05, 0) is 72.1 Å². The summed E-state index contributed by atoms with van der Waals surface area (Å²) in [4.78, 5) is 14.5. The highest BCUT2D eigenvalue weighted by molar-refractivity contribution is 7.80. The lowest BCUT2D eigenvalue weighted by molar-refractivity contribution is 0.0989. The lowest BCUT2D eigenvalue weighted by Gasteiger charge is -2.21. The van der Waals surface area contributed by atoms with Crippen LogP contribution in [-0.2, 0) is 6.42 Å². The fourth-order valence-corrected chi connectivity index (χ4v) is 3.15. The van der Waals surface area contributed by atoms with E-state index in [0.717, 1.165) is 29.9 Å². The van der Waals surface area contributed by atoms with Crippen molar-refractivity contribution in [2.75, 3.05) is 23.3 Å². The number of fused-ring (bicyclic) bond motifs is 1. The molecule has 0 saturated carbocycles. The van der Waals surface area contributed by atoms with E-state index in [9.17, 15) is 9.18 Å². The van der Waals surface area contributed by atoms with Crippen molar-refractivity contribution in [2.24, 2.45) is 5.41 Å². The van der Waals surface area contributed by atoms with E-state index in [2.05, 4.69) is 31.4 Å². The Kier molecular flexibility index (Phi) is 5.46. The van der Waals surface area contributed by atoms with Crippen molar-refractivity contribution in [3.8, 4) is 0 Å². The highest BCUT2D eigenvalue weighted by atomic mass is 32.1. The van der Waals surface area contributed by atoms with Gasteiger partial charge >= 0.3 is 0 Å². The molecule has 0 saturated heterocycles. The van der Waals surface area contributed by atoms with Gasteiger partial charge in [-0.25, -0.2) is 4.39 Å². The predicted molar refractivity (Wildman–Crippen MR) is 112 cm³/mol. The Morgan fingerprint density at radius 2 is 1.89 bits per heavy atom. The highest BCUT2D eigenvalue weighted by Crippen LogP contribution is 2.31. The van der Waals surface area contributed by atoms with Crippen molar-refractivity contribution in [3.05, 3.63) is 59.4 Å². The second kappa shape index (κ2) is 7.64. The van der Waals surface area contributed by atoms with Crippen molar-refractivity contribution in [1.29, 1.82) is 0 Å². The van der Waals surface area contributed by atoms with Crippen molar-refractivity contribution in [1.82, 2.24) is 5.32 Å². The van der Waals surface area contributed by atoms with Crippen LogP contribution in [0.4, 0.5) is 15.8 Å². The number of halogens is 1. The molecule has 0 radical (unpaired) electrons. The first kappa shape index (κ1) is 19.3. The van der Waals surface area contributed by atoms with Crippen LogP contribution >= 0.6 is 12.2 Å². The average molecular weight is 386 g/mol. The van der Waals surface area contributed by atoms with Gasteiger partial charge < -0.3 is 15.5 Å². The fourth-order valence-electron chi connectivity index (χ4n) is 2.96. The molecule has 2 N–H and O–H groups in total. The number of hydrogen-bond acceptors (Lipinski definition) is 2. The second-order valence-electron chi connectivity index (χ2n) is 7.93. The van der Waals surface area contributed by atoms with Crippen molar-refractivity contribution >= 4 is 34.6 Å².